The predicted octanol–water partition coefficient (Wildman–Crippen LogP) is 2.02. The molecule has 0 bridgehead atoms. The molecule has 0 radical (unpaired) electrons. The van der Waals surface area contributed by atoms with Crippen molar-refractivity contribution < 1.29 is 9.90 Å². The van der Waals surface area contributed by atoms with E-state index in [1.54, 1.807) is 0 Å². The van der Waals surface area contributed by atoms with Crippen LogP contribution in [0.2, 0.25) is 0 Å². The number of aliphatic carboxylic acids is 1. The third kappa shape index (κ3) is 2.94. The van der Waals surface area contributed by atoms with Crippen LogP contribution in [0.15, 0.2) is 0 Å². The summed E-state index contributed by atoms with van der Waals surface area (Å²) in [6.07, 6.45) is 7.03. The van der Waals surface area contributed by atoms with Gasteiger partial charge in [-0.2, -0.15) is 0 Å². The van der Waals surface area contributed by atoms with Gasteiger partial charge in [-0.25, -0.2) is 0 Å². The Morgan fingerprint density at radius 1 is 1.33 bits per heavy atom. The molecule has 2 aliphatic carbocycles. The van der Waals surface area contributed by atoms with Crippen LogP contribution in [0.4, 0.5) is 0 Å². The van der Waals surface area contributed by atoms with Crippen molar-refractivity contribution >= 4 is 5.97 Å². The third-order valence-electron chi connectivity index (χ3n) is 3.71. The van der Waals surface area contributed by atoms with Crippen LogP contribution in [0, 0.1) is 11.8 Å². The van der Waals surface area contributed by atoms with Gasteiger partial charge in [0, 0.05) is 6.04 Å². The number of nitrogens with one attached hydrogen (secondary N) is 1. The van der Waals surface area contributed by atoms with Crippen molar-refractivity contribution in [2.45, 2.75) is 57.5 Å². The zero-order chi connectivity index (χ0) is 10.8. The van der Waals surface area contributed by atoms with Crippen LogP contribution in [0.1, 0.15) is 45.4 Å². The minimum atomic E-state index is -0.657. The molecule has 2 aliphatic rings. The Balaban J connectivity index is 1.85. The highest BCUT2D eigenvalue weighted by atomic mass is 16.4. The van der Waals surface area contributed by atoms with E-state index in [4.69, 9.17) is 5.11 Å². The minimum absolute atomic E-state index is 0.278. The van der Waals surface area contributed by atoms with Crippen molar-refractivity contribution in [3.05, 3.63) is 0 Å². The van der Waals surface area contributed by atoms with Crippen molar-refractivity contribution in [2.75, 3.05) is 0 Å². The predicted molar refractivity (Wildman–Crippen MR) is 58.7 cm³/mol. The first kappa shape index (κ1) is 10.9. The number of carboxylic acid groups (broad SMARTS) is 1. The standard InChI is InChI=1S/C12H21NO2/c1-8-3-2-4-10(7-8)13-11(12(14)15)9-5-6-9/h8-11,13H,2-7H2,1H3,(H,14,15). The van der Waals surface area contributed by atoms with Crippen LogP contribution in [-0.4, -0.2) is 23.2 Å². The van der Waals surface area contributed by atoms with Gasteiger partial charge in [0.2, 0.25) is 0 Å². The SMILES string of the molecule is CC1CCCC(NC(C(=O)O)C2CC2)C1. The highest BCUT2D eigenvalue weighted by molar-refractivity contribution is 5.74. The summed E-state index contributed by atoms with van der Waals surface area (Å²) in [6, 6.07) is 0.163. The fourth-order valence-electron chi connectivity index (χ4n) is 2.68. The lowest BCUT2D eigenvalue weighted by Crippen LogP contribution is -2.46. The molecule has 0 aromatic heterocycles. The molecule has 0 aromatic rings. The fourth-order valence-corrected chi connectivity index (χ4v) is 2.68. The molecule has 0 aromatic carbocycles. The lowest BCUT2D eigenvalue weighted by atomic mass is 9.86. The van der Waals surface area contributed by atoms with Crippen molar-refractivity contribution in [1.29, 1.82) is 0 Å². The molecule has 0 aliphatic heterocycles. The highest BCUT2D eigenvalue weighted by Crippen LogP contribution is 2.34. The number of carboxylic acids is 1. The van der Waals surface area contributed by atoms with Crippen LogP contribution in [0.25, 0.3) is 0 Å². The van der Waals surface area contributed by atoms with E-state index in [9.17, 15) is 4.79 Å². The molecule has 2 saturated carbocycles. The Morgan fingerprint density at radius 2 is 2.07 bits per heavy atom. The first-order chi connectivity index (χ1) is 7.16. The molecule has 3 nitrogen and oxygen atoms in total. The van der Waals surface area contributed by atoms with E-state index < -0.39 is 5.97 Å². The lowest BCUT2D eigenvalue weighted by Gasteiger charge is -2.30. The smallest absolute Gasteiger partial charge is 0.320 e. The largest absolute Gasteiger partial charge is 0.480 e. The van der Waals surface area contributed by atoms with Crippen LogP contribution < -0.4 is 5.32 Å². The Kier molecular flexibility index (Phi) is 3.29. The second-order valence-corrected chi connectivity index (χ2v) is 5.29. The number of hydrogen-bond donors (Lipinski definition) is 2. The summed E-state index contributed by atoms with van der Waals surface area (Å²) in [6.45, 7) is 2.26. The summed E-state index contributed by atoms with van der Waals surface area (Å²) >= 11 is 0. The third-order valence-corrected chi connectivity index (χ3v) is 3.71. The molecule has 2 N–H and O–H groups in total. The lowest BCUT2D eigenvalue weighted by molar-refractivity contribution is -0.140. The van der Waals surface area contributed by atoms with Gasteiger partial charge in [0.25, 0.3) is 0 Å². The van der Waals surface area contributed by atoms with Gasteiger partial charge in [-0.05, 0) is 37.5 Å². The molecule has 2 rings (SSSR count). The summed E-state index contributed by atoms with van der Waals surface area (Å²) in [5.41, 5.74) is 0. The van der Waals surface area contributed by atoms with E-state index in [1.807, 2.05) is 0 Å². The van der Waals surface area contributed by atoms with Gasteiger partial charge in [-0.15, -0.1) is 0 Å². The van der Waals surface area contributed by atoms with Crippen molar-refractivity contribution in [3.63, 3.8) is 0 Å². The first-order valence-electron chi connectivity index (χ1n) is 6.15. The normalized spacial score (nSPS) is 33.7. The fraction of sp³-hybridized carbons (Fsp3) is 0.917. The Bertz CT molecular complexity index is 238. The molecular weight excluding hydrogens is 190 g/mol. The van der Waals surface area contributed by atoms with Gasteiger partial charge < -0.3 is 10.4 Å². The molecule has 3 heteroatoms. The topological polar surface area (TPSA) is 49.3 Å². The molecule has 0 saturated heterocycles. The van der Waals surface area contributed by atoms with Crippen LogP contribution >= 0.6 is 0 Å². The van der Waals surface area contributed by atoms with Gasteiger partial charge in [0.1, 0.15) is 6.04 Å². The number of carbonyl (C=O) groups is 1. The van der Waals surface area contributed by atoms with Gasteiger partial charge in [0.05, 0.1) is 0 Å². The van der Waals surface area contributed by atoms with Crippen molar-refractivity contribution in [2.24, 2.45) is 11.8 Å². The van der Waals surface area contributed by atoms with E-state index in [1.165, 1.54) is 12.8 Å². The molecule has 15 heavy (non-hydrogen) atoms. The Labute approximate surface area is 91.2 Å². The average Bonchev–Trinajstić information content (AvgIpc) is 2.97. The van der Waals surface area contributed by atoms with E-state index >= 15 is 0 Å². The molecular formula is C12H21NO2. The van der Waals surface area contributed by atoms with E-state index in [2.05, 4.69) is 12.2 Å². The monoisotopic (exact) mass is 211 g/mol. The second-order valence-electron chi connectivity index (χ2n) is 5.29. The maximum Gasteiger partial charge on any atom is 0.320 e. The van der Waals surface area contributed by atoms with Gasteiger partial charge in [0.15, 0.2) is 0 Å². The Morgan fingerprint density at radius 3 is 2.60 bits per heavy atom. The molecule has 0 amide bonds. The van der Waals surface area contributed by atoms with Gasteiger partial charge in [-0.1, -0.05) is 19.8 Å². The summed E-state index contributed by atoms with van der Waals surface area (Å²) in [7, 11) is 0. The Hall–Kier alpha value is -0.570. The molecule has 0 heterocycles. The zero-order valence-corrected chi connectivity index (χ0v) is 9.41. The average molecular weight is 211 g/mol. The molecule has 0 spiro atoms. The number of hydrogen-bond acceptors (Lipinski definition) is 2. The molecule has 86 valence electrons. The maximum atomic E-state index is 11.1. The highest BCUT2D eigenvalue weighted by Gasteiger charge is 2.37. The first-order valence-corrected chi connectivity index (χ1v) is 6.15. The quantitative estimate of drug-likeness (QED) is 0.748. The molecule has 2 fully saturated rings. The van der Waals surface area contributed by atoms with E-state index in [0.29, 0.717) is 12.0 Å². The summed E-state index contributed by atoms with van der Waals surface area (Å²) in [4.78, 5) is 11.1. The van der Waals surface area contributed by atoms with Crippen molar-refractivity contribution in [1.82, 2.24) is 5.32 Å². The van der Waals surface area contributed by atoms with Crippen LogP contribution in [-0.2, 0) is 4.79 Å². The summed E-state index contributed by atoms with van der Waals surface area (Å²) in [5, 5.41) is 12.5. The zero-order valence-electron chi connectivity index (χ0n) is 9.41. The summed E-state index contributed by atoms with van der Waals surface area (Å²) < 4.78 is 0. The minimum Gasteiger partial charge on any atom is -0.480 e. The van der Waals surface area contributed by atoms with Gasteiger partial charge >= 0.3 is 5.97 Å². The van der Waals surface area contributed by atoms with Crippen LogP contribution in [0.3, 0.4) is 0 Å². The van der Waals surface area contributed by atoms with Crippen molar-refractivity contribution in [3.8, 4) is 0 Å². The number of rotatable bonds is 4. The molecule has 3 unspecified atom stereocenters. The molecule has 3 atom stereocenters. The maximum absolute atomic E-state index is 11.1. The van der Waals surface area contributed by atoms with E-state index in [0.717, 1.165) is 31.6 Å². The van der Waals surface area contributed by atoms with E-state index in [-0.39, 0.29) is 6.04 Å². The second kappa shape index (κ2) is 4.52. The summed E-state index contributed by atoms with van der Waals surface area (Å²) in [5.74, 6) is 0.500. The van der Waals surface area contributed by atoms with Gasteiger partial charge in [-0.3, -0.25) is 4.79 Å². The van der Waals surface area contributed by atoms with Crippen LogP contribution in [0.5, 0.6) is 0 Å².